The third kappa shape index (κ3) is 3.43. The highest BCUT2D eigenvalue weighted by molar-refractivity contribution is 5.08. The van der Waals surface area contributed by atoms with Crippen LogP contribution < -0.4 is 5.73 Å². The van der Waals surface area contributed by atoms with Crippen LogP contribution in [0, 0.1) is 17.3 Å². The first kappa shape index (κ1) is 15.6. The van der Waals surface area contributed by atoms with E-state index in [1.165, 1.54) is 31.4 Å². The number of nitrogens with two attached hydrogens (primary N) is 1. The van der Waals surface area contributed by atoms with E-state index >= 15 is 0 Å². The Bertz CT molecular complexity index is 408. The molecule has 2 N–H and O–H groups in total. The summed E-state index contributed by atoms with van der Waals surface area (Å²) in [6.45, 7) is 10.3. The molecule has 0 radical (unpaired) electrons. The lowest BCUT2D eigenvalue weighted by molar-refractivity contribution is 0.138. The highest BCUT2D eigenvalue weighted by Crippen LogP contribution is 2.42. The van der Waals surface area contributed by atoms with Gasteiger partial charge in [-0.3, -0.25) is 4.68 Å². The van der Waals surface area contributed by atoms with Crippen LogP contribution in [0.25, 0.3) is 0 Å². The maximum absolute atomic E-state index is 6.54. The zero-order valence-corrected chi connectivity index (χ0v) is 13.6. The number of hydrogen-bond donors (Lipinski definition) is 1. The lowest BCUT2D eigenvalue weighted by Gasteiger charge is -2.38. The molecule has 1 aliphatic rings. The van der Waals surface area contributed by atoms with Gasteiger partial charge in [-0.25, -0.2) is 0 Å². The fraction of sp³-hybridized carbons (Fsp3) is 0.824. The van der Waals surface area contributed by atoms with Crippen molar-refractivity contribution in [1.29, 1.82) is 0 Å². The highest BCUT2D eigenvalue weighted by Gasteiger charge is 2.32. The van der Waals surface area contributed by atoms with E-state index in [2.05, 4.69) is 43.5 Å². The Balaban J connectivity index is 1.98. The summed E-state index contributed by atoms with van der Waals surface area (Å²) in [5, 5.41) is 4.41. The van der Waals surface area contributed by atoms with Crippen LogP contribution in [0.5, 0.6) is 0 Å². The minimum absolute atomic E-state index is 0.157. The summed E-state index contributed by atoms with van der Waals surface area (Å²) in [6.07, 6.45) is 8.18. The number of nitrogens with zero attached hydrogens (tertiary/aromatic N) is 2. The number of aromatic nitrogens is 2. The standard InChI is InChI=1S/C17H31N3/c1-5-12-20-15(10-11-19-20)16(18)13-6-8-14(9-7-13)17(2,3)4/h10-11,13-14,16H,5-9,12,18H2,1-4H3. The van der Waals surface area contributed by atoms with Crippen molar-refractivity contribution in [3.8, 4) is 0 Å². The van der Waals surface area contributed by atoms with Crippen LogP contribution >= 0.6 is 0 Å². The molecule has 0 bridgehead atoms. The van der Waals surface area contributed by atoms with Gasteiger partial charge >= 0.3 is 0 Å². The van der Waals surface area contributed by atoms with Crippen molar-refractivity contribution < 1.29 is 0 Å². The Labute approximate surface area is 123 Å². The smallest absolute Gasteiger partial charge is 0.0554 e. The van der Waals surface area contributed by atoms with E-state index in [1.807, 2.05) is 6.20 Å². The highest BCUT2D eigenvalue weighted by atomic mass is 15.3. The predicted octanol–water partition coefficient (Wildman–Crippen LogP) is 4.15. The molecule has 3 nitrogen and oxygen atoms in total. The summed E-state index contributed by atoms with van der Waals surface area (Å²) in [7, 11) is 0. The van der Waals surface area contributed by atoms with E-state index in [0.717, 1.165) is 18.9 Å². The zero-order chi connectivity index (χ0) is 14.8. The SMILES string of the molecule is CCCn1nccc1C(N)C1CCC(C(C)(C)C)CC1. The molecule has 20 heavy (non-hydrogen) atoms. The van der Waals surface area contributed by atoms with E-state index in [-0.39, 0.29) is 6.04 Å². The largest absolute Gasteiger partial charge is 0.322 e. The van der Waals surface area contributed by atoms with Crippen molar-refractivity contribution in [1.82, 2.24) is 9.78 Å². The second-order valence-electron chi connectivity index (χ2n) is 7.48. The molecule has 0 aromatic carbocycles. The van der Waals surface area contributed by atoms with Crippen LogP contribution in [0.2, 0.25) is 0 Å². The molecule has 1 saturated carbocycles. The molecule has 1 fully saturated rings. The third-order valence-electron chi connectivity index (χ3n) is 5.03. The van der Waals surface area contributed by atoms with E-state index < -0.39 is 0 Å². The molecule has 1 unspecified atom stereocenters. The van der Waals surface area contributed by atoms with Gasteiger partial charge in [0, 0.05) is 18.8 Å². The molecule has 1 aromatic heterocycles. The molecule has 2 rings (SSSR count). The fourth-order valence-electron chi connectivity index (χ4n) is 3.61. The van der Waals surface area contributed by atoms with Crippen LogP contribution in [0.1, 0.15) is 71.5 Å². The maximum Gasteiger partial charge on any atom is 0.0554 e. The van der Waals surface area contributed by atoms with E-state index in [1.54, 1.807) is 0 Å². The summed E-state index contributed by atoms with van der Waals surface area (Å²) in [5.74, 6) is 1.48. The molecule has 0 spiro atoms. The molecule has 1 aromatic rings. The molecule has 3 heteroatoms. The average molecular weight is 277 g/mol. The van der Waals surface area contributed by atoms with Crippen LogP contribution in [0.15, 0.2) is 12.3 Å². The topological polar surface area (TPSA) is 43.8 Å². The Morgan fingerprint density at radius 1 is 1.30 bits per heavy atom. The van der Waals surface area contributed by atoms with E-state index in [9.17, 15) is 0 Å². The molecule has 0 aliphatic heterocycles. The molecule has 0 saturated heterocycles. The molecule has 0 amide bonds. The predicted molar refractivity (Wildman–Crippen MR) is 84.3 cm³/mol. The van der Waals surface area contributed by atoms with Crippen molar-refractivity contribution in [3.63, 3.8) is 0 Å². The molecule has 1 atom stereocenters. The molecule has 1 aliphatic carbocycles. The Hall–Kier alpha value is -0.830. The summed E-state index contributed by atoms with van der Waals surface area (Å²) in [5.41, 5.74) is 8.21. The van der Waals surface area contributed by atoms with Gasteiger partial charge in [-0.05, 0) is 55.4 Å². The van der Waals surface area contributed by atoms with Gasteiger partial charge in [-0.1, -0.05) is 27.7 Å². The first-order valence-corrected chi connectivity index (χ1v) is 8.20. The second kappa shape index (κ2) is 6.30. The summed E-state index contributed by atoms with van der Waals surface area (Å²) in [6, 6.07) is 2.26. The van der Waals surface area contributed by atoms with Gasteiger partial charge in [0.2, 0.25) is 0 Å². The van der Waals surface area contributed by atoms with Gasteiger partial charge in [0.15, 0.2) is 0 Å². The van der Waals surface area contributed by atoms with Crippen LogP contribution in [-0.2, 0) is 6.54 Å². The molecular formula is C17H31N3. The summed E-state index contributed by atoms with van der Waals surface area (Å²) in [4.78, 5) is 0. The molecular weight excluding hydrogens is 246 g/mol. The summed E-state index contributed by atoms with van der Waals surface area (Å²) >= 11 is 0. The average Bonchev–Trinajstić information content (AvgIpc) is 2.86. The van der Waals surface area contributed by atoms with Crippen LogP contribution in [-0.4, -0.2) is 9.78 Å². The van der Waals surface area contributed by atoms with Crippen molar-refractivity contribution in [2.24, 2.45) is 23.0 Å². The van der Waals surface area contributed by atoms with Gasteiger partial charge in [-0.2, -0.15) is 5.10 Å². The third-order valence-corrected chi connectivity index (χ3v) is 5.03. The van der Waals surface area contributed by atoms with Crippen molar-refractivity contribution >= 4 is 0 Å². The normalized spacial score (nSPS) is 25.6. The van der Waals surface area contributed by atoms with Crippen molar-refractivity contribution in [2.75, 3.05) is 0 Å². The van der Waals surface area contributed by atoms with Gasteiger partial charge in [-0.15, -0.1) is 0 Å². The van der Waals surface area contributed by atoms with Crippen LogP contribution in [0.4, 0.5) is 0 Å². The van der Waals surface area contributed by atoms with Crippen molar-refractivity contribution in [3.05, 3.63) is 18.0 Å². The Morgan fingerprint density at radius 3 is 2.50 bits per heavy atom. The van der Waals surface area contributed by atoms with Gasteiger partial charge in [0.25, 0.3) is 0 Å². The monoisotopic (exact) mass is 277 g/mol. The Kier molecular flexibility index (Phi) is 4.90. The Morgan fingerprint density at radius 2 is 1.95 bits per heavy atom. The lowest BCUT2D eigenvalue weighted by Crippen LogP contribution is -2.31. The fourth-order valence-corrected chi connectivity index (χ4v) is 3.61. The maximum atomic E-state index is 6.54. The van der Waals surface area contributed by atoms with Gasteiger partial charge < -0.3 is 5.73 Å². The van der Waals surface area contributed by atoms with Gasteiger partial charge in [0.1, 0.15) is 0 Å². The zero-order valence-electron chi connectivity index (χ0n) is 13.6. The number of hydrogen-bond acceptors (Lipinski definition) is 2. The minimum Gasteiger partial charge on any atom is -0.322 e. The summed E-state index contributed by atoms with van der Waals surface area (Å²) < 4.78 is 2.10. The number of rotatable bonds is 4. The quantitative estimate of drug-likeness (QED) is 0.898. The van der Waals surface area contributed by atoms with E-state index in [4.69, 9.17) is 5.73 Å². The van der Waals surface area contributed by atoms with Crippen LogP contribution in [0.3, 0.4) is 0 Å². The number of aryl methyl sites for hydroxylation is 1. The molecule has 114 valence electrons. The second-order valence-corrected chi connectivity index (χ2v) is 7.48. The minimum atomic E-state index is 0.157. The first-order chi connectivity index (χ1) is 9.43. The van der Waals surface area contributed by atoms with Gasteiger partial charge in [0.05, 0.1) is 5.69 Å². The molecule has 1 heterocycles. The van der Waals surface area contributed by atoms with Crippen molar-refractivity contribution in [2.45, 2.75) is 72.4 Å². The lowest BCUT2D eigenvalue weighted by atomic mass is 9.68. The van der Waals surface area contributed by atoms with E-state index in [0.29, 0.717) is 11.3 Å². The first-order valence-electron chi connectivity index (χ1n) is 8.20.